The zero-order valence-corrected chi connectivity index (χ0v) is 11.4. The number of hydrazine groups is 1. The molecule has 2 rings (SSSR count). The number of aryl methyl sites for hydroxylation is 1. The van der Waals surface area contributed by atoms with Crippen LogP contribution in [0, 0.1) is 6.92 Å². The molecule has 0 amide bonds. The minimum atomic E-state index is 0.752. The molecule has 0 unspecified atom stereocenters. The van der Waals surface area contributed by atoms with Gasteiger partial charge >= 0.3 is 0 Å². The zero-order valence-electron chi connectivity index (χ0n) is 11.4. The Morgan fingerprint density at radius 1 is 1.28 bits per heavy atom. The summed E-state index contributed by atoms with van der Waals surface area (Å²) in [5.41, 5.74) is 5.44. The molecule has 1 aliphatic heterocycles. The van der Waals surface area contributed by atoms with E-state index in [1.165, 1.54) is 0 Å². The van der Waals surface area contributed by atoms with Gasteiger partial charge in [-0.2, -0.15) is 0 Å². The van der Waals surface area contributed by atoms with E-state index in [0.717, 1.165) is 49.9 Å². The number of rotatable bonds is 4. The normalized spacial score (nSPS) is 17.9. The molecule has 1 aromatic rings. The predicted molar refractivity (Wildman–Crippen MR) is 71.4 cm³/mol. The van der Waals surface area contributed by atoms with Gasteiger partial charge in [-0.05, 0) is 14.0 Å². The van der Waals surface area contributed by atoms with Crippen LogP contribution in [0.25, 0.3) is 0 Å². The molecule has 2 heterocycles. The lowest BCUT2D eigenvalue weighted by atomic mass is 10.3. The van der Waals surface area contributed by atoms with Crippen LogP contribution < -0.4 is 10.2 Å². The van der Waals surface area contributed by atoms with Crippen molar-refractivity contribution in [3.63, 3.8) is 0 Å². The van der Waals surface area contributed by atoms with Gasteiger partial charge < -0.3 is 9.64 Å². The molecular weight excluding hydrogens is 228 g/mol. The molecule has 1 aliphatic rings. The van der Waals surface area contributed by atoms with Gasteiger partial charge in [0, 0.05) is 44.0 Å². The fraction of sp³-hybridized carbons (Fsp3) is 0.615. The molecule has 1 fully saturated rings. The smallest absolute Gasteiger partial charge is 0.122 e. The van der Waals surface area contributed by atoms with E-state index in [-0.39, 0.29) is 0 Å². The van der Waals surface area contributed by atoms with E-state index in [4.69, 9.17) is 4.74 Å². The van der Waals surface area contributed by atoms with Crippen LogP contribution >= 0.6 is 0 Å². The van der Waals surface area contributed by atoms with Gasteiger partial charge in [0.1, 0.15) is 5.75 Å². The molecule has 0 atom stereocenters. The van der Waals surface area contributed by atoms with Gasteiger partial charge in [-0.1, -0.05) is 0 Å². The molecule has 1 N–H and O–H groups in total. The van der Waals surface area contributed by atoms with Crippen molar-refractivity contribution < 1.29 is 4.74 Å². The molecule has 18 heavy (non-hydrogen) atoms. The third-order valence-corrected chi connectivity index (χ3v) is 3.20. The number of piperazine rings is 1. The fourth-order valence-electron chi connectivity index (χ4n) is 2.07. The predicted octanol–water partition coefficient (Wildman–Crippen LogP) is 0.651. The third-order valence-electron chi connectivity index (χ3n) is 3.20. The van der Waals surface area contributed by atoms with Crippen LogP contribution in [0.4, 0.5) is 0 Å². The summed E-state index contributed by atoms with van der Waals surface area (Å²) in [6, 6.07) is 3.93. The molecule has 0 radical (unpaired) electrons. The van der Waals surface area contributed by atoms with Gasteiger partial charge in [0.15, 0.2) is 0 Å². The number of pyridine rings is 1. The van der Waals surface area contributed by atoms with Crippen LogP contribution in [-0.4, -0.2) is 55.2 Å². The van der Waals surface area contributed by atoms with E-state index in [0.29, 0.717) is 0 Å². The summed E-state index contributed by atoms with van der Waals surface area (Å²) >= 11 is 0. The Kier molecular flexibility index (Phi) is 4.52. The number of aromatic nitrogens is 1. The molecule has 1 saturated heterocycles. The summed E-state index contributed by atoms with van der Waals surface area (Å²) in [5, 5.41) is 2.26. The van der Waals surface area contributed by atoms with E-state index < -0.39 is 0 Å². The zero-order chi connectivity index (χ0) is 13.0. The Hall–Kier alpha value is -1.17. The minimum absolute atomic E-state index is 0.752. The van der Waals surface area contributed by atoms with Crippen molar-refractivity contribution >= 4 is 0 Å². The Labute approximate surface area is 109 Å². The topological polar surface area (TPSA) is 40.6 Å². The first-order chi connectivity index (χ1) is 8.67. The van der Waals surface area contributed by atoms with Gasteiger partial charge in [-0.15, -0.1) is 0 Å². The van der Waals surface area contributed by atoms with Gasteiger partial charge in [0.05, 0.1) is 19.3 Å². The number of methoxy groups -OCH3 is 1. The van der Waals surface area contributed by atoms with Crippen molar-refractivity contribution in [2.45, 2.75) is 13.5 Å². The number of ether oxygens (including phenoxy) is 1. The van der Waals surface area contributed by atoms with Crippen molar-refractivity contribution in [3.05, 3.63) is 23.5 Å². The highest BCUT2D eigenvalue weighted by Crippen LogP contribution is 2.13. The maximum atomic E-state index is 5.25. The second-order valence-electron chi connectivity index (χ2n) is 4.76. The first-order valence-electron chi connectivity index (χ1n) is 6.36. The molecule has 0 aliphatic carbocycles. The maximum absolute atomic E-state index is 5.25. The lowest BCUT2D eigenvalue weighted by Gasteiger charge is -2.32. The molecule has 5 nitrogen and oxygen atoms in total. The van der Waals surface area contributed by atoms with Crippen molar-refractivity contribution in [1.82, 2.24) is 20.3 Å². The number of hydrogen-bond donors (Lipinski definition) is 1. The molecule has 0 aromatic carbocycles. The molecule has 5 heteroatoms. The highest BCUT2D eigenvalue weighted by molar-refractivity contribution is 5.26. The fourth-order valence-corrected chi connectivity index (χ4v) is 2.07. The quantitative estimate of drug-likeness (QED) is 0.850. The number of nitrogens with one attached hydrogen (secondary N) is 1. The SMILES string of the molecule is COc1cc(C)nc(CNN2CCN(C)CC2)c1. The molecule has 100 valence electrons. The summed E-state index contributed by atoms with van der Waals surface area (Å²) in [6.07, 6.45) is 0. The van der Waals surface area contributed by atoms with Gasteiger partial charge in [-0.25, -0.2) is 10.4 Å². The molecule has 0 bridgehead atoms. The summed E-state index contributed by atoms with van der Waals surface area (Å²) in [4.78, 5) is 6.84. The van der Waals surface area contributed by atoms with Crippen molar-refractivity contribution in [1.29, 1.82) is 0 Å². The lowest BCUT2D eigenvalue weighted by molar-refractivity contribution is 0.101. The average Bonchev–Trinajstić information content (AvgIpc) is 2.37. The summed E-state index contributed by atoms with van der Waals surface area (Å²) in [6.45, 7) is 7.07. The monoisotopic (exact) mass is 250 g/mol. The number of likely N-dealkylation sites (N-methyl/N-ethyl adjacent to an activating group) is 1. The summed E-state index contributed by atoms with van der Waals surface area (Å²) in [5.74, 6) is 0.873. The Balaban J connectivity index is 1.88. The van der Waals surface area contributed by atoms with Crippen LogP contribution in [0.1, 0.15) is 11.4 Å². The van der Waals surface area contributed by atoms with Crippen LogP contribution in [-0.2, 0) is 6.54 Å². The van der Waals surface area contributed by atoms with Crippen LogP contribution in [0.15, 0.2) is 12.1 Å². The number of hydrogen-bond acceptors (Lipinski definition) is 5. The van der Waals surface area contributed by atoms with E-state index in [9.17, 15) is 0 Å². The van der Waals surface area contributed by atoms with Gasteiger partial charge in [0.25, 0.3) is 0 Å². The van der Waals surface area contributed by atoms with E-state index in [2.05, 4.69) is 27.4 Å². The highest BCUT2D eigenvalue weighted by atomic mass is 16.5. The third kappa shape index (κ3) is 3.66. The molecule has 1 aromatic heterocycles. The minimum Gasteiger partial charge on any atom is -0.497 e. The second kappa shape index (κ2) is 6.13. The van der Waals surface area contributed by atoms with Crippen LogP contribution in [0.5, 0.6) is 5.75 Å². The second-order valence-corrected chi connectivity index (χ2v) is 4.76. The highest BCUT2D eigenvalue weighted by Gasteiger charge is 2.13. The Morgan fingerprint density at radius 2 is 2.00 bits per heavy atom. The number of nitrogens with zero attached hydrogens (tertiary/aromatic N) is 3. The summed E-state index contributed by atoms with van der Waals surface area (Å²) < 4.78 is 5.25. The average molecular weight is 250 g/mol. The first-order valence-corrected chi connectivity index (χ1v) is 6.36. The van der Waals surface area contributed by atoms with Crippen molar-refractivity contribution in [2.24, 2.45) is 0 Å². The van der Waals surface area contributed by atoms with E-state index >= 15 is 0 Å². The standard InChI is InChI=1S/C13H22N4O/c1-11-8-13(18-3)9-12(15-11)10-14-17-6-4-16(2)5-7-17/h8-9,14H,4-7,10H2,1-3H3. The van der Waals surface area contributed by atoms with Crippen molar-refractivity contribution in [2.75, 3.05) is 40.3 Å². The van der Waals surface area contributed by atoms with E-state index in [1.54, 1.807) is 7.11 Å². The lowest BCUT2D eigenvalue weighted by Crippen LogP contribution is -2.50. The molecule has 0 spiro atoms. The largest absolute Gasteiger partial charge is 0.497 e. The summed E-state index contributed by atoms with van der Waals surface area (Å²) in [7, 11) is 3.84. The van der Waals surface area contributed by atoms with Gasteiger partial charge in [-0.3, -0.25) is 4.98 Å². The first kappa shape index (κ1) is 13.3. The van der Waals surface area contributed by atoms with Gasteiger partial charge in [0.2, 0.25) is 0 Å². The molecule has 0 saturated carbocycles. The molecular formula is C13H22N4O. The van der Waals surface area contributed by atoms with Crippen LogP contribution in [0.3, 0.4) is 0 Å². The van der Waals surface area contributed by atoms with Crippen molar-refractivity contribution in [3.8, 4) is 5.75 Å². The van der Waals surface area contributed by atoms with E-state index in [1.807, 2.05) is 19.1 Å². The van der Waals surface area contributed by atoms with Crippen LogP contribution in [0.2, 0.25) is 0 Å². The Bertz CT molecular complexity index is 389. The maximum Gasteiger partial charge on any atom is 0.122 e. The Morgan fingerprint density at radius 3 is 2.67 bits per heavy atom.